The molecule has 0 aliphatic carbocycles. The zero-order valence-electron chi connectivity index (χ0n) is 65.3. The number of phosphoric ester groups is 2. The lowest BCUT2D eigenvalue weighted by Crippen LogP contribution is -2.30. The molecule has 3 N–H and O–H groups in total. The molecule has 0 aliphatic rings. The van der Waals surface area contributed by atoms with Crippen LogP contribution in [0.3, 0.4) is 0 Å². The molecule has 100 heavy (non-hydrogen) atoms. The van der Waals surface area contributed by atoms with Gasteiger partial charge in [0.15, 0.2) is 12.2 Å². The number of esters is 4. The molecule has 0 aromatic rings. The minimum Gasteiger partial charge on any atom is -0.462 e. The van der Waals surface area contributed by atoms with Crippen LogP contribution in [0.25, 0.3) is 0 Å². The molecule has 5 atom stereocenters. The van der Waals surface area contributed by atoms with Crippen molar-refractivity contribution in [2.75, 3.05) is 39.6 Å². The average Bonchev–Trinajstić information content (AvgIpc) is 1.09. The van der Waals surface area contributed by atoms with Crippen molar-refractivity contribution in [2.45, 2.75) is 451 Å². The molecule has 0 saturated heterocycles. The summed E-state index contributed by atoms with van der Waals surface area (Å²) >= 11 is 0. The third kappa shape index (κ3) is 74.3. The Hall–Kier alpha value is -1.94. The van der Waals surface area contributed by atoms with Gasteiger partial charge in [-0.15, -0.1) is 0 Å². The molecule has 0 heterocycles. The number of unbranched alkanes of at least 4 members (excludes halogenated alkanes) is 53. The predicted molar refractivity (Wildman–Crippen MR) is 409 cm³/mol. The van der Waals surface area contributed by atoms with Gasteiger partial charge >= 0.3 is 39.5 Å². The van der Waals surface area contributed by atoms with Crippen LogP contribution in [0, 0.1) is 5.92 Å². The van der Waals surface area contributed by atoms with Crippen molar-refractivity contribution in [2.24, 2.45) is 5.92 Å². The standard InChI is InChI=1S/C81H158O17P2/c1-6-9-12-15-18-21-24-26-28-30-32-34-40-45-50-55-60-65-79(84)92-71-77(97-80(85)66-61-56-51-46-41-35-33-31-29-27-25-22-19-16-13-10-7-2)73-96-100(89,90)94-69-75(82)68-93-99(87,88)95-72-76(70-91-78(83)64-59-54-49-44-38-23-20-17-14-11-8-3)98-81(86)67-62-57-52-47-42-37-36-39-43-48-53-58-63-74(4)5/h74-77,82H,6-73H2,1-5H3,(H,87,88)(H,89,90)/t75-,76+,77+/m0/s1. The number of hydrogen-bond donors (Lipinski definition) is 3. The van der Waals surface area contributed by atoms with Gasteiger partial charge in [0, 0.05) is 25.7 Å². The van der Waals surface area contributed by atoms with E-state index in [0.29, 0.717) is 25.7 Å². The summed E-state index contributed by atoms with van der Waals surface area (Å²) in [4.78, 5) is 73.1. The molecular formula is C81H158O17P2. The maximum Gasteiger partial charge on any atom is 0.472 e. The van der Waals surface area contributed by atoms with Gasteiger partial charge < -0.3 is 33.8 Å². The third-order valence-corrected chi connectivity index (χ3v) is 20.9. The van der Waals surface area contributed by atoms with Crippen molar-refractivity contribution in [1.29, 1.82) is 0 Å². The van der Waals surface area contributed by atoms with Gasteiger partial charge in [0.25, 0.3) is 0 Å². The topological polar surface area (TPSA) is 237 Å². The number of aliphatic hydroxyl groups is 1. The van der Waals surface area contributed by atoms with Crippen molar-refractivity contribution in [3.63, 3.8) is 0 Å². The fourth-order valence-electron chi connectivity index (χ4n) is 12.6. The average molecular weight is 1470 g/mol. The van der Waals surface area contributed by atoms with E-state index in [1.54, 1.807) is 0 Å². The normalized spacial score (nSPS) is 13.8. The smallest absolute Gasteiger partial charge is 0.462 e. The highest BCUT2D eigenvalue weighted by molar-refractivity contribution is 7.47. The highest BCUT2D eigenvalue weighted by Gasteiger charge is 2.30. The van der Waals surface area contributed by atoms with Crippen molar-refractivity contribution < 1.29 is 80.2 Å². The van der Waals surface area contributed by atoms with Crippen LogP contribution >= 0.6 is 15.6 Å². The number of aliphatic hydroxyl groups excluding tert-OH is 1. The quantitative estimate of drug-likeness (QED) is 0.0222. The van der Waals surface area contributed by atoms with E-state index in [2.05, 4.69) is 34.6 Å². The van der Waals surface area contributed by atoms with E-state index in [1.807, 2.05) is 0 Å². The molecule has 0 bridgehead atoms. The fraction of sp³-hybridized carbons (Fsp3) is 0.951. The van der Waals surface area contributed by atoms with E-state index in [9.17, 15) is 43.2 Å². The molecule has 0 aromatic heterocycles. The van der Waals surface area contributed by atoms with Crippen LogP contribution in [0.2, 0.25) is 0 Å². The lowest BCUT2D eigenvalue weighted by molar-refractivity contribution is -0.161. The number of hydrogen-bond acceptors (Lipinski definition) is 15. The third-order valence-electron chi connectivity index (χ3n) is 19.0. The summed E-state index contributed by atoms with van der Waals surface area (Å²) in [5.74, 6) is -1.33. The van der Waals surface area contributed by atoms with Crippen LogP contribution < -0.4 is 0 Å². The van der Waals surface area contributed by atoms with Gasteiger partial charge in [-0.2, -0.15) is 0 Å². The molecule has 0 rings (SSSR count). The van der Waals surface area contributed by atoms with Crippen LogP contribution in [-0.2, 0) is 65.4 Å². The van der Waals surface area contributed by atoms with Crippen LogP contribution in [0.15, 0.2) is 0 Å². The Morgan fingerprint density at radius 3 is 0.680 bits per heavy atom. The molecule has 0 aliphatic heterocycles. The number of ether oxygens (including phenoxy) is 4. The molecule has 0 amide bonds. The Morgan fingerprint density at radius 2 is 0.460 bits per heavy atom. The molecule has 19 heteroatoms. The minimum atomic E-state index is -4.96. The van der Waals surface area contributed by atoms with Gasteiger partial charge in [0.1, 0.15) is 19.3 Å². The maximum absolute atomic E-state index is 13.1. The summed E-state index contributed by atoms with van der Waals surface area (Å²) in [6.45, 7) is 7.34. The SMILES string of the molecule is CCCCCCCCCCCCCCCCCCCC(=O)OC[C@H](COP(=O)(O)OC[C@@H](O)COP(=O)(O)OC[C@@H](COC(=O)CCCCCCCCCCCCC)OC(=O)CCCCCCCCCCCCCCC(C)C)OC(=O)CCCCCCCCCCCCCCCCCCC. The summed E-state index contributed by atoms with van der Waals surface area (Å²) in [7, 11) is -9.92. The van der Waals surface area contributed by atoms with E-state index in [0.717, 1.165) is 95.8 Å². The van der Waals surface area contributed by atoms with Gasteiger partial charge in [0.05, 0.1) is 26.4 Å². The van der Waals surface area contributed by atoms with Crippen LogP contribution in [0.1, 0.15) is 433 Å². The van der Waals surface area contributed by atoms with Gasteiger partial charge in [-0.05, 0) is 31.6 Å². The lowest BCUT2D eigenvalue weighted by atomic mass is 10.0. The largest absolute Gasteiger partial charge is 0.472 e. The first kappa shape index (κ1) is 98.1. The zero-order valence-corrected chi connectivity index (χ0v) is 67.1. The number of carbonyl (C=O) groups excluding carboxylic acids is 4. The summed E-state index contributed by atoms with van der Waals surface area (Å²) < 4.78 is 68.7. The van der Waals surface area contributed by atoms with Gasteiger partial charge in [-0.25, -0.2) is 9.13 Å². The van der Waals surface area contributed by atoms with Gasteiger partial charge in [-0.3, -0.25) is 37.3 Å². The minimum absolute atomic E-state index is 0.108. The highest BCUT2D eigenvalue weighted by atomic mass is 31.2. The Labute approximate surface area is 613 Å². The molecule has 0 radical (unpaired) electrons. The van der Waals surface area contributed by atoms with Gasteiger partial charge in [0.2, 0.25) is 0 Å². The molecular weight excluding hydrogens is 1310 g/mol. The first-order valence-electron chi connectivity index (χ1n) is 42.1. The van der Waals surface area contributed by atoms with Crippen molar-refractivity contribution in [3.8, 4) is 0 Å². The Morgan fingerprint density at radius 1 is 0.270 bits per heavy atom. The molecule has 594 valence electrons. The number of rotatable bonds is 81. The summed E-state index contributed by atoms with van der Waals surface area (Å²) in [6.07, 6.45) is 65.1. The Bertz CT molecular complexity index is 1910. The number of carbonyl (C=O) groups is 4. The second kappa shape index (κ2) is 73.9. The van der Waals surface area contributed by atoms with Crippen LogP contribution in [0.5, 0.6) is 0 Å². The molecule has 0 spiro atoms. The first-order chi connectivity index (χ1) is 48.5. The summed E-state index contributed by atoms with van der Waals surface area (Å²) in [6, 6.07) is 0. The molecule has 17 nitrogen and oxygen atoms in total. The van der Waals surface area contributed by atoms with Crippen molar-refractivity contribution in [1.82, 2.24) is 0 Å². The highest BCUT2D eigenvalue weighted by Crippen LogP contribution is 2.45. The lowest BCUT2D eigenvalue weighted by Gasteiger charge is -2.21. The van der Waals surface area contributed by atoms with E-state index in [4.69, 9.17) is 37.0 Å². The molecule has 0 fully saturated rings. The van der Waals surface area contributed by atoms with Gasteiger partial charge in [-0.1, -0.05) is 381 Å². The monoisotopic (exact) mass is 1470 g/mol. The predicted octanol–water partition coefficient (Wildman–Crippen LogP) is 24.4. The molecule has 0 saturated carbocycles. The molecule has 2 unspecified atom stereocenters. The fourth-order valence-corrected chi connectivity index (χ4v) is 14.2. The number of phosphoric acid groups is 2. The van der Waals surface area contributed by atoms with E-state index in [1.165, 1.54) is 257 Å². The second-order valence-corrected chi connectivity index (χ2v) is 32.5. The zero-order chi connectivity index (χ0) is 73.4. The second-order valence-electron chi connectivity index (χ2n) is 29.6. The van der Waals surface area contributed by atoms with E-state index < -0.39 is 97.5 Å². The maximum atomic E-state index is 13.1. The Balaban J connectivity index is 5.25. The van der Waals surface area contributed by atoms with E-state index >= 15 is 0 Å². The molecule has 0 aromatic carbocycles. The van der Waals surface area contributed by atoms with Crippen molar-refractivity contribution in [3.05, 3.63) is 0 Å². The van der Waals surface area contributed by atoms with Crippen LogP contribution in [0.4, 0.5) is 0 Å². The summed E-state index contributed by atoms with van der Waals surface area (Å²) in [5.41, 5.74) is 0. The van der Waals surface area contributed by atoms with Crippen molar-refractivity contribution >= 4 is 39.5 Å². The summed E-state index contributed by atoms with van der Waals surface area (Å²) in [5, 5.41) is 10.6. The Kier molecular flexibility index (Phi) is 72.5. The first-order valence-corrected chi connectivity index (χ1v) is 45.1. The van der Waals surface area contributed by atoms with Crippen LogP contribution in [-0.4, -0.2) is 96.7 Å². The van der Waals surface area contributed by atoms with E-state index in [-0.39, 0.29) is 25.7 Å².